The molecule has 0 aliphatic carbocycles. The second-order valence-electron chi connectivity index (χ2n) is 4.64. The highest BCUT2D eigenvalue weighted by molar-refractivity contribution is 6.29. The maximum Gasteiger partial charge on any atom is 0.412 e. The van der Waals surface area contributed by atoms with Gasteiger partial charge < -0.3 is 5.11 Å². The number of halogens is 1. The summed E-state index contributed by atoms with van der Waals surface area (Å²) in [5.41, 5.74) is 3.03. The molecule has 22 heavy (non-hydrogen) atoms. The SMILES string of the molecule is CN(C(=O)O)c1cc(-c2cnc3ccc(Cl)nc3c2)ccn1. The number of pyridine rings is 3. The molecule has 3 aromatic rings. The first-order valence-corrected chi connectivity index (χ1v) is 6.78. The molecule has 3 rings (SSSR count). The summed E-state index contributed by atoms with van der Waals surface area (Å²) < 4.78 is 0. The van der Waals surface area contributed by atoms with Crippen LogP contribution in [0.25, 0.3) is 22.2 Å². The average molecular weight is 315 g/mol. The minimum absolute atomic E-state index is 0.337. The molecule has 6 nitrogen and oxygen atoms in total. The van der Waals surface area contributed by atoms with E-state index in [2.05, 4.69) is 15.0 Å². The fourth-order valence-corrected chi connectivity index (χ4v) is 2.17. The van der Waals surface area contributed by atoms with Crippen molar-refractivity contribution < 1.29 is 9.90 Å². The van der Waals surface area contributed by atoms with E-state index in [1.54, 1.807) is 36.7 Å². The van der Waals surface area contributed by atoms with Crippen molar-refractivity contribution in [1.82, 2.24) is 15.0 Å². The maximum atomic E-state index is 11.0. The van der Waals surface area contributed by atoms with Gasteiger partial charge in [0.05, 0.1) is 11.0 Å². The highest BCUT2D eigenvalue weighted by atomic mass is 35.5. The molecule has 0 saturated heterocycles. The van der Waals surface area contributed by atoms with Crippen molar-refractivity contribution in [2.24, 2.45) is 0 Å². The van der Waals surface area contributed by atoms with Crippen molar-refractivity contribution in [1.29, 1.82) is 0 Å². The van der Waals surface area contributed by atoms with Crippen LogP contribution < -0.4 is 4.90 Å². The molecule has 3 aromatic heterocycles. The lowest BCUT2D eigenvalue weighted by molar-refractivity contribution is 0.203. The van der Waals surface area contributed by atoms with Crippen LogP contribution in [0, 0.1) is 0 Å². The van der Waals surface area contributed by atoms with Gasteiger partial charge in [0.15, 0.2) is 0 Å². The van der Waals surface area contributed by atoms with Gasteiger partial charge in [-0.15, -0.1) is 0 Å². The molecule has 0 aromatic carbocycles. The molecule has 1 amide bonds. The molecule has 0 fully saturated rings. The number of aromatic nitrogens is 3. The molecule has 3 heterocycles. The Morgan fingerprint density at radius 2 is 1.95 bits per heavy atom. The Morgan fingerprint density at radius 1 is 1.14 bits per heavy atom. The topological polar surface area (TPSA) is 79.2 Å². The van der Waals surface area contributed by atoms with Crippen molar-refractivity contribution in [3.63, 3.8) is 0 Å². The van der Waals surface area contributed by atoms with E-state index in [0.29, 0.717) is 16.5 Å². The Morgan fingerprint density at radius 3 is 2.73 bits per heavy atom. The van der Waals surface area contributed by atoms with E-state index in [1.807, 2.05) is 6.07 Å². The second kappa shape index (κ2) is 5.57. The predicted molar refractivity (Wildman–Crippen MR) is 84.2 cm³/mol. The molecule has 0 atom stereocenters. The average Bonchev–Trinajstić information content (AvgIpc) is 2.53. The Hall–Kier alpha value is -2.73. The Bertz CT molecular complexity index is 869. The van der Waals surface area contributed by atoms with E-state index < -0.39 is 6.09 Å². The zero-order valence-electron chi connectivity index (χ0n) is 11.6. The summed E-state index contributed by atoms with van der Waals surface area (Å²) in [6.07, 6.45) is 2.19. The molecule has 0 unspecified atom stereocenters. The third-order valence-corrected chi connectivity index (χ3v) is 3.42. The number of carbonyl (C=O) groups is 1. The normalized spacial score (nSPS) is 10.6. The van der Waals surface area contributed by atoms with Crippen molar-refractivity contribution in [3.8, 4) is 11.1 Å². The number of nitrogens with zero attached hydrogens (tertiary/aromatic N) is 4. The zero-order chi connectivity index (χ0) is 15.7. The number of anilines is 1. The lowest BCUT2D eigenvalue weighted by Crippen LogP contribution is -2.24. The highest BCUT2D eigenvalue weighted by Crippen LogP contribution is 2.25. The van der Waals surface area contributed by atoms with Gasteiger partial charge in [0.2, 0.25) is 0 Å². The van der Waals surface area contributed by atoms with E-state index in [9.17, 15) is 4.79 Å². The zero-order valence-corrected chi connectivity index (χ0v) is 12.3. The van der Waals surface area contributed by atoms with E-state index in [0.717, 1.165) is 21.5 Å². The van der Waals surface area contributed by atoms with Crippen LogP contribution in [0.4, 0.5) is 10.6 Å². The van der Waals surface area contributed by atoms with Gasteiger partial charge in [0, 0.05) is 25.0 Å². The van der Waals surface area contributed by atoms with Gasteiger partial charge in [-0.25, -0.2) is 14.8 Å². The third-order valence-electron chi connectivity index (χ3n) is 3.21. The lowest BCUT2D eigenvalue weighted by atomic mass is 10.1. The molecule has 0 radical (unpaired) electrons. The van der Waals surface area contributed by atoms with E-state index in [1.165, 1.54) is 7.05 Å². The molecule has 0 bridgehead atoms. The van der Waals surface area contributed by atoms with Gasteiger partial charge in [0.25, 0.3) is 0 Å². The first-order chi connectivity index (χ1) is 10.5. The van der Waals surface area contributed by atoms with Gasteiger partial charge in [-0.3, -0.25) is 9.88 Å². The van der Waals surface area contributed by atoms with Gasteiger partial charge in [-0.2, -0.15) is 0 Å². The fourth-order valence-electron chi connectivity index (χ4n) is 2.02. The van der Waals surface area contributed by atoms with Crippen LogP contribution >= 0.6 is 11.6 Å². The molecule has 0 aliphatic heterocycles. The summed E-state index contributed by atoms with van der Waals surface area (Å²) in [5, 5.41) is 9.41. The summed E-state index contributed by atoms with van der Waals surface area (Å²) in [6.45, 7) is 0. The summed E-state index contributed by atoms with van der Waals surface area (Å²) >= 11 is 5.90. The highest BCUT2D eigenvalue weighted by Gasteiger charge is 2.11. The number of fused-ring (bicyclic) bond motifs is 1. The van der Waals surface area contributed by atoms with Crippen LogP contribution in [0.3, 0.4) is 0 Å². The largest absolute Gasteiger partial charge is 0.465 e. The quantitative estimate of drug-likeness (QED) is 0.733. The Labute approximate surface area is 131 Å². The van der Waals surface area contributed by atoms with Crippen molar-refractivity contribution >= 4 is 34.5 Å². The molecule has 110 valence electrons. The van der Waals surface area contributed by atoms with Crippen LogP contribution in [-0.2, 0) is 0 Å². The minimum Gasteiger partial charge on any atom is -0.465 e. The number of hydrogen-bond donors (Lipinski definition) is 1. The van der Waals surface area contributed by atoms with Gasteiger partial charge in [-0.05, 0) is 35.9 Å². The number of amides is 1. The smallest absolute Gasteiger partial charge is 0.412 e. The predicted octanol–water partition coefficient (Wildman–Crippen LogP) is 3.46. The van der Waals surface area contributed by atoms with Crippen LogP contribution in [0.2, 0.25) is 5.15 Å². The number of rotatable bonds is 2. The fraction of sp³-hybridized carbons (Fsp3) is 0.0667. The molecule has 0 spiro atoms. The van der Waals surface area contributed by atoms with E-state index in [4.69, 9.17) is 16.7 Å². The van der Waals surface area contributed by atoms with Gasteiger partial charge in [0.1, 0.15) is 11.0 Å². The van der Waals surface area contributed by atoms with Crippen LogP contribution in [0.15, 0.2) is 42.7 Å². The molecule has 1 N–H and O–H groups in total. The number of hydrogen-bond acceptors (Lipinski definition) is 4. The van der Waals surface area contributed by atoms with E-state index >= 15 is 0 Å². The monoisotopic (exact) mass is 314 g/mol. The Kier molecular flexibility index (Phi) is 3.60. The first-order valence-electron chi connectivity index (χ1n) is 6.40. The molecule has 7 heteroatoms. The number of carboxylic acid groups (broad SMARTS) is 1. The molecule has 0 saturated carbocycles. The summed E-state index contributed by atoms with van der Waals surface area (Å²) in [6, 6.07) is 8.80. The maximum absolute atomic E-state index is 11.0. The van der Waals surface area contributed by atoms with Crippen molar-refractivity contribution in [2.75, 3.05) is 11.9 Å². The summed E-state index contributed by atoms with van der Waals surface area (Å²) in [5.74, 6) is 0.337. The first kappa shape index (κ1) is 14.2. The lowest BCUT2D eigenvalue weighted by Gasteiger charge is -2.12. The third kappa shape index (κ3) is 2.68. The van der Waals surface area contributed by atoms with Gasteiger partial charge >= 0.3 is 6.09 Å². The van der Waals surface area contributed by atoms with Crippen LogP contribution in [0.1, 0.15) is 0 Å². The summed E-state index contributed by atoms with van der Waals surface area (Å²) in [4.78, 5) is 24.7. The molecular weight excluding hydrogens is 304 g/mol. The van der Waals surface area contributed by atoms with E-state index in [-0.39, 0.29) is 0 Å². The van der Waals surface area contributed by atoms with Crippen molar-refractivity contribution in [2.45, 2.75) is 0 Å². The van der Waals surface area contributed by atoms with Gasteiger partial charge in [-0.1, -0.05) is 11.6 Å². The standard InChI is InChI=1S/C15H11ClN4O2/c1-20(15(21)22)14-7-9(4-5-17-14)10-6-12-11(18-8-10)2-3-13(16)19-12/h2-8H,1H3,(H,21,22). The van der Waals surface area contributed by atoms with Crippen LogP contribution in [0.5, 0.6) is 0 Å². The van der Waals surface area contributed by atoms with Crippen LogP contribution in [-0.4, -0.2) is 33.2 Å². The molecular formula is C15H11ClN4O2. The minimum atomic E-state index is -1.07. The van der Waals surface area contributed by atoms with Crippen molar-refractivity contribution in [3.05, 3.63) is 47.9 Å². The Balaban J connectivity index is 2.07. The molecule has 0 aliphatic rings. The second-order valence-corrected chi connectivity index (χ2v) is 5.03. The summed E-state index contributed by atoms with van der Waals surface area (Å²) in [7, 11) is 1.44.